The number of piperidine rings is 1. The second kappa shape index (κ2) is 9.37. The minimum atomic E-state index is -3.31. The number of amides is 1. The van der Waals surface area contributed by atoms with Crippen molar-refractivity contribution in [2.24, 2.45) is 5.92 Å². The van der Waals surface area contributed by atoms with Crippen LogP contribution < -0.4 is 4.74 Å². The Morgan fingerprint density at radius 3 is 1.82 bits per heavy atom. The van der Waals surface area contributed by atoms with E-state index < -0.39 is 21.5 Å². The van der Waals surface area contributed by atoms with Gasteiger partial charge in [0, 0.05) is 19.3 Å². The van der Waals surface area contributed by atoms with E-state index in [1.165, 1.54) is 24.3 Å². The number of ether oxygens (including phenoxy) is 1. The van der Waals surface area contributed by atoms with Gasteiger partial charge in [0.15, 0.2) is 9.84 Å². The number of aliphatic hydroxyl groups is 1. The molecule has 1 saturated heterocycles. The molecule has 4 rings (SSSR count). The van der Waals surface area contributed by atoms with Crippen LogP contribution >= 0.6 is 0 Å². The van der Waals surface area contributed by atoms with Crippen molar-refractivity contribution >= 4 is 15.9 Å². The van der Waals surface area contributed by atoms with Gasteiger partial charge in [-0.05, 0) is 54.2 Å². The number of sulfone groups is 1. The van der Waals surface area contributed by atoms with Gasteiger partial charge in [-0.15, -0.1) is 0 Å². The molecular formula is C26H27NO5S. The summed E-state index contributed by atoms with van der Waals surface area (Å²) < 4.78 is 28.6. The van der Waals surface area contributed by atoms with Crippen LogP contribution in [0.3, 0.4) is 0 Å². The first-order valence-electron chi connectivity index (χ1n) is 10.9. The largest absolute Gasteiger partial charge is 0.415 e. The Morgan fingerprint density at radius 2 is 1.36 bits per heavy atom. The minimum absolute atomic E-state index is 0.0691. The Morgan fingerprint density at radius 1 is 0.879 bits per heavy atom. The molecule has 33 heavy (non-hydrogen) atoms. The van der Waals surface area contributed by atoms with E-state index in [4.69, 9.17) is 4.74 Å². The molecule has 0 aliphatic carbocycles. The van der Waals surface area contributed by atoms with Crippen molar-refractivity contribution in [3.8, 4) is 5.75 Å². The highest BCUT2D eigenvalue weighted by Gasteiger charge is 2.42. The highest BCUT2D eigenvalue weighted by atomic mass is 32.2. The van der Waals surface area contributed by atoms with E-state index in [9.17, 15) is 18.3 Å². The Balaban J connectivity index is 1.46. The molecule has 1 fully saturated rings. The van der Waals surface area contributed by atoms with Crippen LogP contribution in [-0.4, -0.2) is 43.9 Å². The standard InChI is InChI=1S/C26H27NO5S/c1-33(30,31)24-14-12-23(13-15-24)32-25(28)27-18-16-22(17-19-27)26(29,20-8-4-2-5-9-20)21-10-6-3-7-11-21/h2-15,22,29H,16-19H2,1H3. The molecule has 6 nitrogen and oxygen atoms in total. The fourth-order valence-corrected chi connectivity index (χ4v) is 5.05. The van der Waals surface area contributed by atoms with Crippen LogP contribution in [0.4, 0.5) is 4.79 Å². The summed E-state index contributed by atoms with van der Waals surface area (Å²) in [6, 6.07) is 25.1. The van der Waals surface area contributed by atoms with Gasteiger partial charge < -0.3 is 14.7 Å². The average Bonchev–Trinajstić information content (AvgIpc) is 2.84. The van der Waals surface area contributed by atoms with Crippen LogP contribution in [0.1, 0.15) is 24.0 Å². The number of carbonyl (C=O) groups excluding carboxylic acids is 1. The maximum absolute atomic E-state index is 12.7. The van der Waals surface area contributed by atoms with E-state index in [1.54, 1.807) is 4.90 Å². The first-order valence-corrected chi connectivity index (χ1v) is 12.8. The predicted octanol–water partition coefficient (Wildman–Crippen LogP) is 4.24. The van der Waals surface area contributed by atoms with Crippen molar-refractivity contribution in [1.29, 1.82) is 0 Å². The van der Waals surface area contributed by atoms with Crippen LogP contribution in [0.5, 0.6) is 5.75 Å². The molecule has 0 bridgehead atoms. The van der Waals surface area contributed by atoms with Gasteiger partial charge in [-0.2, -0.15) is 0 Å². The number of likely N-dealkylation sites (tertiary alicyclic amines) is 1. The summed E-state index contributed by atoms with van der Waals surface area (Å²) in [5, 5.41) is 11.9. The number of carbonyl (C=O) groups is 1. The van der Waals surface area contributed by atoms with E-state index in [2.05, 4.69) is 0 Å². The Hall–Kier alpha value is -3.16. The second-order valence-electron chi connectivity index (χ2n) is 8.37. The van der Waals surface area contributed by atoms with Crippen molar-refractivity contribution in [3.05, 3.63) is 96.1 Å². The van der Waals surface area contributed by atoms with Gasteiger partial charge >= 0.3 is 6.09 Å². The fourth-order valence-electron chi connectivity index (χ4n) is 4.42. The molecule has 1 heterocycles. The van der Waals surface area contributed by atoms with Gasteiger partial charge in [0.1, 0.15) is 11.4 Å². The van der Waals surface area contributed by atoms with Crippen molar-refractivity contribution in [1.82, 2.24) is 4.90 Å². The van der Waals surface area contributed by atoms with E-state index in [0.29, 0.717) is 31.7 Å². The van der Waals surface area contributed by atoms with Crippen LogP contribution in [0, 0.1) is 5.92 Å². The molecule has 3 aromatic rings. The number of hydrogen-bond donors (Lipinski definition) is 1. The number of rotatable bonds is 5. The van der Waals surface area contributed by atoms with Crippen LogP contribution in [0.15, 0.2) is 89.8 Å². The molecule has 1 aliphatic rings. The first kappa shape index (κ1) is 23.0. The molecule has 172 valence electrons. The summed E-state index contributed by atoms with van der Waals surface area (Å²) >= 11 is 0. The Kier molecular flexibility index (Phi) is 6.54. The lowest BCUT2D eigenvalue weighted by Gasteiger charge is -2.42. The SMILES string of the molecule is CS(=O)(=O)c1ccc(OC(=O)N2CCC(C(O)(c3ccccc3)c3ccccc3)CC2)cc1. The zero-order valence-electron chi connectivity index (χ0n) is 18.4. The predicted molar refractivity (Wildman–Crippen MR) is 126 cm³/mol. The molecule has 0 atom stereocenters. The van der Waals surface area contributed by atoms with Gasteiger partial charge in [0.05, 0.1) is 4.90 Å². The Labute approximate surface area is 194 Å². The highest BCUT2D eigenvalue weighted by Crippen LogP contribution is 2.42. The van der Waals surface area contributed by atoms with Crippen LogP contribution in [-0.2, 0) is 15.4 Å². The van der Waals surface area contributed by atoms with Crippen molar-refractivity contribution in [2.75, 3.05) is 19.3 Å². The van der Waals surface area contributed by atoms with E-state index >= 15 is 0 Å². The summed E-state index contributed by atoms with van der Waals surface area (Å²) in [5.74, 6) is 0.222. The lowest BCUT2D eigenvalue weighted by atomic mass is 9.72. The van der Waals surface area contributed by atoms with Crippen LogP contribution in [0.2, 0.25) is 0 Å². The third-order valence-electron chi connectivity index (χ3n) is 6.23. The summed E-state index contributed by atoms with van der Waals surface area (Å²) in [7, 11) is -3.31. The summed E-state index contributed by atoms with van der Waals surface area (Å²) in [6.45, 7) is 0.903. The molecule has 0 unspecified atom stereocenters. The number of hydrogen-bond acceptors (Lipinski definition) is 5. The maximum Gasteiger partial charge on any atom is 0.415 e. The fraction of sp³-hybridized carbons (Fsp3) is 0.269. The summed E-state index contributed by atoms with van der Waals surface area (Å²) in [6.07, 6.45) is 1.87. The van der Waals surface area contributed by atoms with Crippen molar-refractivity contribution in [2.45, 2.75) is 23.3 Å². The monoisotopic (exact) mass is 465 g/mol. The summed E-state index contributed by atoms with van der Waals surface area (Å²) in [5.41, 5.74) is 0.520. The first-order chi connectivity index (χ1) is 15.8. The maximum atomic E-state index is 12.7. The van der Waals surface area contributed by atoms with E-state index in [0.717, 1.165) is 17.4 Å². The van der Waals surface area contributed by atoms with Crippen molar-refractivity contribution in [3.63, 3.8) is 0 Å². The molecule has 0 radical (unpaired) electrons. The smallest absolute Gasteiger partial charge is 0.410 e. The lowest BCUT2D eigenvalue weighted by Crippen LogP contribution is -2.46. The number of benzene rings is 3. The average molecular weight is 466 g/mol. The zero-order valence-corrected chi connectivity index (χ0v) is 19.2. The van der Waals surface area contributed by atoms with Gasteiger partial charge in [-0.3, -0.25) is 0 Å². The molecule has 1 aliphatic heterocycles. The van der Waals surface area contributed by atoms with E-state index in [1.807, 2.05) is 60.7 Å². The highest BCUT2D eigenvalue weighted by molar-refractivity contribution is 7.90. The van der Waals surface area contributed by atoms with Gasteiger partial charge in [0.2, 0.25) is 0 Å². The molecule has 0 saturated carbocycles. The quantitative estimate of drug-likeness (QED) is 0.609. The van der Waals surface area contributed by atoms with Gasteiger partial charge in [0.25, 0.3) is 0 Å². The van der Waals surface area contributed by atoms with Gasteiger partial charge in [-0.1, -0.05) is 60.7 Å². The molecule has 3 aromatic carbocycles. The minimum Gasteiger partial charge on any atom is -0.410 e. The lowest BCUT2D eigenvalue weighted by molar-refractivity contribution is -0.0115. The van der Waals surface area contributed by atoms with Crippen LogP contribution in [0.25, 0.3) is 0 Å². The summed E-state index contributed by atoms with van der Waals surface area (Å²) in [4.78, 5) is 14.5. The molecule has 0 spiro atoms. The van der Waals surface area contributed by atoms with Gasteiger partial charge in [-0.25, -0.2) is 13.2 Å². The molecule has 1 N–H and O–H groups in total. The topological polar surface area (TPSA) is 83.9 Å². The third kappa shape index (κ3) is 4.94. The zero-order chi connectivity index (χ0) is 23.5. The molecular weight excluding hydrogens is 438 g/mol. The molecule has 1 amide bonds. The third-order valence-corrected chi connectivity index (χ3v) is 7.36. The second-order valence-corrected chi connectivity index (χ2v) is 10.4. The Bertz CT molecular complexity index is 1150. The number of nitrogens with zero attached hydrogens (tertiary/aromatic N) is 1. The molecule has 7 heteroatoms. The van der Waals surface area contributed by atoms with Crippen molar-refractivity contribution < 1.29 is 23.1 Å². The van der Waals surface area contributed by atoms with E-state index in [-0.39, 0.29) is 10.8 Å². The molecule has 0 aromatic heterocycles. The normalized spacial score (nSPS) is 15.3.